The SMILES string of the molecule is CCNc1cncc(Nc2ccccc2C(F)(F)F)c1. The molecule has 0 aliphatic carbocycles. The molecule has 0 aliphatic heterocycles. The van der Waals surface area contributed by atoms with E-state index >= 15 is 0 Å². The summed E-state index contributed by atoms with van der Waals surface area (Å²) in [5.74, 6) is 0. The summed E-state index contributed by atoms with van der Waals surface area (Å²) in [5, 5.41) is 5.81. The molecule has 0 saturated heterocycles. The maximum Gasteiger partial charge on any atom is 0.418 e. The molecule has 0 atom stereocenters. The first-order valence-electron chi connectivity index (χ1n) is 6.13. The lowest BCUT2D eigenvalue weighted by Gasteiger charge is -2.14. The second-order valence-corrected chi connectivity index (χ2v) is 4.16. The predicted octanol–water partition coefficient (Wildman–Crippen LogP) is 4.28. The molecule has 0 unspecified atom stereocenters. The topological polar surface area (TPSA) is 37.0 Å². The van der Waals surface area contributed by atoms with Gasteiger partial charge in [-0.2, -0.15) is 13.2 Å². The molecule has 106 valence electrons. The quantitative estimate of drug-likeness (QED) is 0.878. The van der Waals surface area contributed by atoms with Crippen molar-refractivity contribution in [2.45, 2.75) is 13.1 Å². The molecule has 6 heteroatoms. The van der Waals surface area contributed by atoms with Gasteiger partial charge in [-0.15, -0.1) is 0 Å². The fourth-order valence-electron chi connectivity index (χ4n) is 1.80. The van der Waals surface area contributed by atoms with Crippen molar-refractivity contribution in [3.8, 4) is 0 Å². The summed E-state index contributed by atoms with van der Waals surface area (Å²) in [6, 6.07) is 7.07. The van der Waals surface area contributed by atoms with Crippen molar-refractivity contribution in [1.29, 1.82) is 0 Å². The van der Waals surface area contributed by atoms with E-state index in [4.69, 9.17) is 0 Å². The molecule has 1 aromatic carbocycles. The van der Waals surface area contributed by atoms with Gasteiger partial charge in [0.25, 0.3) is 0 Å². The average molecular weight is 281 g/mol. The predicted molar refractivity (Wildman–Crippen MR) is 73.1 cm³/mol. The van der Waals surface area contributed by atoms with Crippen LogP contribution in [0.3, 0.4) is 0 Å². The first kappa shape index (κ1) is 14.2. The first-order valence-corrected chi connectivity index (χ1v) is 6.13. The van der Waals surface area contributed by atoms with Crippen LogP contribution in [0, 0.1) is 0 Å². The van der Waals surface area contributed by atoms with Crippen molar-refractivity contribution in [3.05, 3.63) is 48.3 Å². The Hall–Kier alpha value is -2.24. The monoisotopic (exact) mass is 281 g/mol. The smallest absolute Gasteiger partial charge is 0.384 e. The van der Waals surface area contributed by atoms with E-state index in [-0.39, 0.29) is 5.69 Å². The molecule has 0 saturated carbocycles. The van der Waals surface area contributed by atoms with Crippen LogP contribution >= 0.6 is 0 Å². The highest BCUT2D eigenvalue weighted by atomic mass is 19.4. The molecule has 1 aromatic heterocycles. The largest absolute Gasteiger partial charge is 0.418 e. The fourth-order valence-corrected chi connectivity index (χ4v) is 1.80. The van der Waals surface area contributed by atoms with Crippen molar-refractivity contribution in [1.82, 2.24) is 4.98 Å². The number of aromatic nitrogens is 1. The van der Waals surface area contributed by atoms with Crippen molar-refractivity contribution >= 4 is 17.1 Å². The number of benzene rings is 1. The van der Waals surface area contributed by atoms with E-state index < -0.39 is 11.7 Å². The fraction of sp³-hybridized carbons (Fsp3) is 0.214. The Kier molecular flexibility index (Phi) is 4.12. The minimum Gasteiger partial charge on any atom is -0.384 e. The lowest BCUT2D eigenvalue weighted by Crippen LogP contribution is -2.08. The summed E-state index contributed by atoms with van der Waals surface area (Å²) in [7, 11) is 0. The van der Waals surface area contributed by atoms with E-state index in [0.29, 0.717) is 12.2 Å². The second-order valence-electron chi connectivity index (χ2n) is 4.16. The van der Waals surface area contributed by atoms with Crippen molar-refractivity contribution in [3.63, 3.8) is 0 Å². The van der Waals surface area contributed by atoms with Crippen LogP contribution in [-0.4, -0.2) is 11.5 Å². The number of pyridine rings is 1. The number of anilines is 3. The zero-order valence-corrected chi connectivity index (χ0v) is 10.8. The van der Waals surface area contributed by atoms with Gasteiger partial charge in [-0.25, -0.2) is 0 Å². The highest BCUT2D eigenvalue weighted by Gasteiger charge is 2.33. The number of hydrogen-bond donors (Lipinski definition) is 2. The molecule has 0 radical (unpaired) electrons. The van der Waals surface area contributed by atoms with Crippen molar-refractivity contribution in [2.75, 3.05) is 17.2 Å². The Labute approximate surface area is 114 Å². The van der Waals surface area contributed by atoms with Gasteiger partial charge in [0, 0.05) is 6.54 Å². The summed E-state index contributed by atoms with van der Waals surface area (Å²) < 4.78 is 38.6. The molecular formula is C14H14F3N3. The highest BCUT2D eigenvalue weighted by Crippen LogP contribution is 2.35. The summed E-state index contributed by atoms with van der Waals surface area (Å²) in [5.41, 5.74) is 0.562. The summed E-state index contributed by atoms with van der Waals surface area (Å²) in [4.78, 5) is 3.99. The van der Waals surface area contributed by atoms with E-state index in [1.54, 1.807) is 18.3 Å². The molecule has 20 heavy (non-hydrogen) atoms. The Morgan fingerprint density at radius 2 is 1.80 bits per heavy atom. The molecule has 0 bridgehead atoms. The first-order chi connectivity index (χ1) is 9.50. The number of nitrogens with zero attached hydrogens (tertiary/aromatic N) is 1. The maximum atomic E-state index is 12.9. The minimum atomic E-state index is -4.39. The third kappa shape index (κ3) is 3.40. The molecular weight excluding hydrogens is 267 g/mol. The Morgan fingerprint density at radius 1 is 1.10 bits per heavy atom. The molecule has 0 aliphatic rings. The Balaban J connectivity index is 2.28. The van der Waals surface area contributed by atoms with Crippen LogP contribution in [0.15, 0.2) is 42.7 Å². The van der Waals surface area contributed by atoms with Crippen molar-refractivity contribution < 1.29 is 13.2 Å². The second kappa shape index (κ2) is 5.81. The number of halogens is 3. The number of hydrogen-bond acceptors (Lipinski definition) is 3. The molecule has 2 aromatic rings. The van der Waals surface area contributed by atoms with Gasteiger partial charge < -0.3 is 10.6 Å². The molecule has 2 N–H and O–H groups in total. The van der Waals surface area contributed by atoms with Crippen LogP contribution in [0.5, 0.6) is 0 Å². The van der Waals surface area contributed by atoms with Gasteiger partial charge in [0.15, 0.2) is 0 Å². The normalized spacial score (nSPS) is 11.2. The molecule has 0 fully saturated rings. The molecule has 0 amide bonds. The van der Waals surface area contributed by atoms with Crippen LogP contribution in [0.2, 0.25) is 0 Å². The number of alkyl halides is 3. The van der Waals surface area contributed by atoms with Crippen LogP contribution in [0.1, 0.15) is 12.5 Å². The Bertz CT molecular complexity index is 582. The van der Waals surface area contributed by atoms with E-state index in [1.165, 1.54) is 18.3 Å². The van der Waals surface area contributed by atoms with Gasteiger partial charge in [-0.3, -0.25) is 4.98 Å². The Morgan fingerprint density at radius 3 is 2.50 bits per heavy atom. The number of rotatable bonds is 4. The summed E-state index contributed by atoms with van der Waals surface area (Å²) in [6.45, 7) is 2.64. The van der Waals surface area contributed by atoms with Crippen LogP contribution in [0.25, 0.3) is 0 Å². The van der Waals surface area contributed by atoms with Crippen LogP contribution in [0.4, 0.5) is 30.2 Å². The maximum absolute atomic E-state index is 12.9. The summed E-state index contributed by atoms with van der Waals surface area (Å²) in [6.07, 6.45) is -1.30. The number of para-hydroxylation sites is 1. The standard InChI is InChI=1S/C14H14F3N3/c1-2-19-10-7-11(9-18-8-10)20-13-6-4-3-5-12(13)14(15,16)17/h3-9,19-20H,2H2,1H3. The third-order valence-corrected chi connectivity index (χ3v) is 2.63. The van der Waals surface area contributed by atoms with Gasteiger partial charge in [0.05, 0.1) is 35.0 Å². The van der Waals surface area contributed by atoms with E-state index in [0.717, 1.165) is 11.8 Å². The average Bonchev–Trinajstić information content (AvgIpc) is 2.39. The van der Waals surface area contributed by atoms with Gasteiger partial charge in [-0.1, -0.05) is 12.1 Å². The molecule has 3 nitrogen and oxygen atoms in total. The van der Waals surface area contributed by atoms with Gasteiger partial charge >= 0.3 is 6.18 Å². The van der Waals surface area contributed by atoms with E-state index in [9.17, 15) is 13.2 Å². The van der Waals surface area contributed by atoms with Gasteiger partial charge in [0.2, 0.25) is 0 Å². The van der Waals surface area contributed by atoms with Gasteiger partial charge in [-0.05, 0) is 25.1 Å². The van der Waals surface area contributed by atoms with Crippen LogP contribution in [-0.2, 0) is 6.18 Å². The zero-order chi connectivity index (χ0) is 14.6. The zero-order valence-electron chi connectivity index (χ0n) is 10.8. The van der Waals surface area contributed by atoms with E-state index in [2.05, 4.69) is 15.6 Å². The molecule has 1 heterocycles. The minimum absolute atomic E-state index is 0.00967. The molecule has 2 rings (SSSR count). The van der Waals surface area contributed by atoms with Crippen LogP contribution < -0.4 is 10.6 Å². The lowest BCUT2D eigenvalue weighted by molar-refractivity contribution is -0.136. The molecule has 0 spiro atoms. The highest BCUT2D eigenvalue weighted by molar-refractivity contribution is 5.66. The third-order valence-electron chi connectivity index (χ3n) is 2.63. The van der Waals surface area contributed by atoms with Crippen molar-refractivity contribution in [2.24, 2.45) is 0 Å². The number of nitrogens with one attached hydrogen (secondary N) is 2. The lowest BCUT2D eigenvalue weighted by atomic mass is 10.1. The van der Waals surface area contributed by atoms with E-state index in [1.807, 2.05) is 6.92 Å². The van der Waals surface area contributed by atoms with Gasteiger partial charge in [0.1, 0.15) is 0 Å². The summed E-state index contributed by atoms with van der Waals surface area (Å²) >= 11 is 0.